The van der Waals surface area contributed by atoms with Crippen molar-refractivity contribution < 1.29 is 19.4 Å². The molecule has 7 heteroatoms. The van der Waals surface area contributed by atoms with E-state index in [1.165, 1.54) is 12.0 Å². The first-order valence-corrected chi connectivity index (χ1v) is 7.52. The summed E-state index contributed by atoms with van der Waals surface area (Å²) >= 11 is 6.25. The highest BCUT2D eigenvalue weighted by Crippen LogP contribution is 2.31. The molecule has 0 spiro atoms. The summed E-state index contributed by atoms with van der Waals surface area (Å²) in [5, 5.41) is 12.5. The number of anilines is 1. The SMILES string of the molecule is COC(=O)C1=C(Nc2c(C)cc(C)cc2Cl)C(=O)N(CCO)C1. The standard InChI is InChI=1S/C16H19ClN2O4/c1-9-6-10(2)13(12(17)7-9)18-14-11(16(22)23-3)8-19(4-5-20)15(14)21/h6-7,18,20H,4-5,8H2,1-3H3. The van der Waals surface area contributed by atoms with Crippen molar-refractivity contribution in [3.8, 4) is 0 Å². The van der Waals surface area contributed by atoms with Gasteiger partial charge in [0.15, 0.2) is 0 Å². The molecule has 0 aliphatic carbocycles. The maximum atomic E-state index is 12.5. The molecule has 0 fully saturated rings. The highest BCUT2D eigenvalue weighted by molar-refractivity contribution is 6.33. The van der Waals surface area contributed by atoms with Gasteiger partial charge in [-0.3, -0.25) is 4.79 Å². The fourth-order valence-electron chi connectivity index (χ4n) is 2.55. The molecule has 0 saturated heterocycles. The number of carbonyl (C=O) groups excluding carboxylic acids is 2. The number of aliphatic hydroxyl groups excluding tert-OH is 1. The summed E-state index contributed by atoms with van der Waals surface area (Å²) in [4.78, 5) is 25.8. The maximum absolute atomic E-state index is 12.5. The maximum Gasteiger partial charge on any atom is 0.337 e. The van der Waals surface area contributed by atoms with E-state index in [9.17, 15) is 9.59 Å². The minimum Gasteiger partial charge on any atom is -0.466 e. The van der Waals surface area contributed by atoms with Crippen molar-refractivity contribution in [2.75, 3.05) is 32.1 Å². The lowest BCUT2D eigenvalue weighted by Crippen LogP contribution is -2.31. The largest absolute Gasteiger partial charge is 0.466 e. The number of methoxy groups -OCH3 is 1. The zero-order valence-corrected chi connectivity index (χ0v) is 14.0. The Bertz CT molecular complexity index is 662. The molecule has 0 unspecified atom stereocenters. The predicted octanol–water partition coefficient (Wildman–Crippen LogP) is 1.63. The number of carbonyl (C=O) groups is 2. The van der Waals surface area contributed by atoms with Crippen molar-refractivity contribution in [1.29, 1.82) is 0 Å². The van der Waals surface area contributed by atoms with Crippen LogP contribution in [0.25, 0.3) is 0 Å². The molecule has 1 aromatic carbocycles. The van der Waals surface area contributed by atoms with Gasteiger partial charge in [0.2, 0.25) is 0 Å². The second kappa shape index (κ2) is 7.02. The molecule has 23 heavy (non-hydrogen) atoms. The second-order valence-electron chi connectivity index (χ2n) is 5.36. The molecule has 6 nitrogen and oxygen atoms in total. The van der Waals surface area contributed by atoms with Crippen LogP contribution in [0.15, 0.2) is 23.4 Å². The highest BCUT2D eigenvalue weighted by atomic mass is 35.5. The summed E-state index contributed by atoms with van der Waals surface area (Å²) in [7, 11) is 1.26. The molecule has 1 aliphatic heterocycles. The van der Waals surface area contributed by atoms with Crippen LogP contribution in [-0.2, 0) is 14.3 Å². The van der Waals surface area contributed by atoms with Gasteiger partial charge in [0.25, 0.3) is 5.91 Å². The van der Waals surface area contributed by atoms with Crippen molar-refractivity contribution in [2.24, 2.45) is 0 Å². The quantitative estimate of drug-likeness (QED) is 0.798. The van der Waals surface area contributed by atoms with Gasteiger partial charge in [-0.1, -0.05) is 17.7 Å². The Morgan fingerprint density at radius 1 is 1.43 bits per heavy atom. The Kier molecular flexibility index (Phi) is 5.28. The topological polar surface area (TPSA) is 78.9 Å². The lowest BCUT2D eigenvalue weighted by Gasteiger charge is -2.16. The number of amides is 1. The normalized spacial score (nSPS) is 14.5. The van der Waals surface area contributed by atoms with E-state index in [2.05, 4.69) is 5.32 Å². The highest BCUT2D eigenvalue weighted by Gasteiger charge is 2.34. The summed E-state index contributed by atoms with van der Waals surface area (Å²) in [6.07, 6.45) is 0. The first-order chi connectivity index (χ1) is 10.9. The van der Waals surface area contributed by atoms with Gasteiger partial charge in [-0.05, 0) is 31.0 Å². The Morgan fingerprint density at radius 2 is 2.13 bits per heavy atom. The predicted molar refractivity (Wildman–Crippen MR) is 87.3 cm³/mol. The minimum atomic E-state index is -0.581. The number of esters is 1. The fourth-order valence-corrected chi connectivity index (χ4v) is 2.92. The lowest BCUT2D eigenvalue weighted by molar-refractivity contribution is -0.136. The molecule has 2 rings (SSSR count). The van der Waals surface area contributed by atoms with E-state index in [1.54, 1.807) is 6.07 Å². The number of β-amino-alcohol motifs (C(OH)–C–C–N with tert-alkyl or cyclic N) is 1. The average Bonchev–Trinajstić information content (AvgIpc) is 2.79. The Labute approximate surface area is 139 Å². The van der Waals surface area contributed by atoms with Crippen LogP contribution in [-0.4, -0.2) is 48.7 Å². The van der Waals surface area contributed by atoms with E-state index in [4.69, 9.17) is 21.4 Å². The third-order valence-electron chi connectivity index (χ3n) is 3.64. The molecule has 1 aromatic rings. The number of ether oxygens (including phenoxy) is 1. The summed E-state index contributed by atoms with van der Waals surface area (Å²) < 4.78 is 4.75. The van der Waals surface area contributed by atoms with Crippen LogP contribution in [0.4, 0.5) is 5.69 Å². The smallest absolute Gasteiger partial charge is 0.337 e. The third-order valence-corrected chi connectivity index (χ3v) is 3.93. The number of halogens is 1. The van der Waals surface area contributed by atoms with Crippen molar-refractivity contribution in [2.45, 2.75) is 13.8 Å². The van der Waals surface area contributed by atoms with Crippen molar-refractivity contribution in [3.63, 3.8) is 0 Å². The molecule has 1 amide bonds. The Balaban J connectivity index is 2.41. The summed E-state index contributed by atoms with van der Waals surface area (Å²) in [5.74, 6) is -0.947. The van der Waals surface area contributed by atoms with Gasteiger partial charge in [-0.25, -0.2) is 4.79 Å². The van der Waals surface area contributed by atoms with Crippen LogP contribution in [0, 0.1) is 13.8 Å². The molecule has 0 saturated carbocycles. The van der Waals surface area contributed by atoms with E-state index in [0.717, 1.165) is 11.1 Å². The van der Waals surface area contributed by atoms with Gasteiger partial charge in [-0.15, -0.1) is 0 Å². The van der Waals surface area contributed by atoms with Gasteiger partial charge < -0.3 is 20.1 Å². The van der Waals surface area contributed by atoms with Crippen molar-refractivity contribution in [1.82, 2.24) is 4.90 Å². The minimum absolute atomic E-state index is 0.0942. The van der Waals surface area contributed by atoms with E-state index in [-0.39, 0.29) is 36.9 Å². The molecule has 0 atom stereocenters. The number of nitrogens with zero attached hydrogens (tertiary/aromatic N) is 1. The number of nitrogens with one attached hydrogen (secondary N) is 1. The molecule has 1 aliphatic rings. The van der Waals surface area contributed by atoms with Crippen LogP contribution in [0.2, 0.25) is 5.02 Å². The number of aliphatic hydroxyl groups is 1. The molecule has 2 N–H and O–H groups in total. The fraction of sp³-hybridized carbons (Fsp3) is 0.375. The molecule has 0 aromatic heterocycles. The number of hydrogen-bond donors (Lipinski definition) is 2. The third kappa shape index (κ3) is 3.48. The van der Waals surface area contributed by atoms with Gasteiger partial charge in [-0.2, -0.15) is 0 Å². The van der Waals surface area contributed by atoms with Crippen LogP contribution in [0.3, 0.4) is 0 Å². The lowest BCUT2D eigenvalue weighted by atomic mass is 10.1. The van der Waals surface area contributed by atoms with Gasteiger partial charge in [0.05, 0.1) is 36.5 Å². The monoisotopic (exact) mass is 338 g/mol. The number of hydrogen-bond acceptors (Lipinski definition) is 5. The van der Waals surface area contributed by atoms with Gasteiger partial charge in [0, 0.05) is 6.54 Å². The van der Waals surface area contributed by atoms with Crippen LogP contribution in [0.5, 0.6) is 0 Å². The molecular formula is C16H19ClN2O4. The average molecular weight is 339 g/mol. The molecule has 1 heterocycles. The number of aryl methyl sites for hydroxylation is 2. The summed E-state index contributed by atoms with van der Waals surface area (Å²) in [6.45, 7) is 3.84. The zero-order chi connectivity index (χ0) is 17.1. The molecule has 0 bridgehead atoms. The van der Waals surface area contributed by atoms with E-state index in [1.807, 2.05) is 19.9 Å². The van der Waals surface area contributed by atoms with Crippen LogP contribution < -0.4 is 5.32 Å². The van der Waals surface area contributed by atoms with Crippen LogP contribution >= 0.6 is 11.6 Å². The zero-order valence-electron chi connectivity index (χ0n) is 13.3. The van der Waals surface area contributed by atoms with Gasteiger partial charge in [0.1, 0.15) is 5.70 Å². The number of rotatable bonds is 5. The summed E-state index contributed by atoms with van der Waals surface area (Å²) in [6, 6.07) is 3.71. The second-order valence-corrected chi connectivity index (χ2v) is 5.77. The van der Waals surface area contributed by atoms with Gasteiger partial charge >= 0.3 is 5.97 Å². The Morgan fingerprint density at radius 3 is 2.70 bits per heavy atom. The first kappa shape index (κ1) is 17.3. The molecule has 0 radical (unpaired) electrons. The van der Waals surface area contributed by atoms with E-state index < -0.39 is 5.97 Å². The summed E-state index contributed by atoms with van der Waals surface area (Å²) in [5.41, 5.74) is 2.80. The molecular weight excluding hydrogens is 320 g/mol. The van der Waals surface area contributed by atoms with Crippen LogP contribution in [0.1, 0.15) is 11.1 Å². The first-order valence-electron chi connectivity index (χ1n) is 7.14. The van der Waals surface area contributed by atoms with Crippen molar-refractivity contribution >= 4 is 29.2 Å². The van der Waals surface area contributed by atoms with E-state index in [0.29, 0.717) is 10.7 Å². The number of benzene rings is 1. The Hall–Kier alpha value is -2.05. The van der Waals surface area contributed by atoms with Crippen molar-refractivity contribution in [3.05, 3.63) is 39.6 Å². The molecule has 124 valence electrons. The van der Waals surface area contributed by atoms with E-state index >= 15 is 0 Å².